The Morgan fingerprint density at radius 2 is 1.75 bits per heavy atom. The molecule has 1 N–H and O–H groups in total. The van der Waals surface area contributed by atoms with E-state index in [1.54, 1.807) is 6.20 Å². The van der Waals surface area contributed by atoms with Gasteiger partial charge >= 0.3 is 0 Å². The van der Waals surface area contributed by atoms with Crippen LogP contribution >= 0.6 is 50.6 Å². The summed E-state index contributed by atoms with van der Waals surface area (Å²) >= 11 is 12.5. The third-order valence-electron chi connectivity index (χ3n) is 5.20. The van der Waals surface area contributed by atoms with Crippen LogP contribution in [-0.2, 0) is 11.2 Å². The molecule has 2 heterocycles. The van der Waals surface area contributed by atoms with Crippen molar-refractivity contribution in [1.82, 2.24) is 19.7 Å². The van der Waals surface area contributed by atoms with E-state index in [9.17, 15) is 4.79 Å². The molecule has 0 bridgehead atoms. The summed E-state index contributed by atoms with van der Waals surface area (Å²) in [6.07, 6.45) is 2.44. The maximum absolute atomic E-state index is 12.7. The predicted octanol–water partition coefficient (Wildman–Crippen LogP) is 7.13. The number of para-hydroxylation sites is 1. The SMILES string of the molecule is O=C(CSc1nnc(-c2ccc(Br)cc2)n1-c1ccccc1)Nc1ncc(Cc2ccccc2Cl)s1. The van der Waals surface area contributed by atoms with Crippen LogP contribution in [0.15, 0.2) is 94.7 Å². The van der Waals surface area contributed by atoms with Crippen LogP contribution in [0.2, 0.25) is 5.02 Å². The van der Waals surface area contributed by atoms with Crippen LogP contribution in [0.1, 0.15) is 10.4 Å². The van der Waals surface area contributed by atoms with Gasteiger partial charge in [0.25, 0.3) is 0 Å². The first-order chi connectivity index (χ1) is 17.6. The maximum Gasteiger partial charge on any atom is 0.236 e. The highest BCUT2D eigenvalue weighted by Gasteiger charge is 2.18. The molecule has 0 aliphatic heterocycles. The van der Waals surface area contributed by atoms with E-state index < -0.39 is 0 Å². The number of carbonyl (C=O) groups excluding carboxylic acids is 1. The summed E-state index contributed by atoms with van der Waals surface area (Å²) < 4.78 is 2.95. The Labute approximate surface area is 229 Å². The number of thioether (sulfide) groups is 1. The lowest BCUT2D eigenvalue weighted by Gasteiger charge is -2.10. The second-order valence-corrected chi connectivity index (χ2v) is 11.1. The summed E-state index contributed by atoms with van der Waals surface area (Å²) in [6, 6.07) is 25.5. The fraction of sp³-hybridized carbons (Fsp3) is 0.0769. The Balaban J connectivity index is 1.29. The van der Waals surface area contributed by atoms with Gasteiger partial charge in [-0.05, 0) is 35.9 Å². The minimum atomic E-state index is -0.161. The molecular weight excluding hydrogens is 578 g/mol. The number of nitrogens with one attached hydrogen (secondary N) is 1. The molecule has 5 rings (SSSR count). The van der Waals surface area contributed by atoms with Crippen LogP contribution in [0, 0.1) is 0 Å². The highest BCUT2D eigenvalue weighted by molar-refractivity contribution is 9.10. The first-order valence-electron chi connectivity index (χ1n) is 10.9. The van der Waals surface area contributed by atoms with Gasteiger partial charge in [-0.25, -0.2) is 4.98 Å². The molecule has 10 heteroatoms. The Bertz CT molecular complexity index is 1490. The van der Waals surface area contributed by atoms with E-state index in [0.29, 0.717) is 22.5 Å². The summed E-state index contributed by atoms with van der Waals surface area (Å²) in [7, 11) is 0. The zero-order valence-corrected chi connectivity index (χ0v) is 22.7. The zero-order valence-electron chi connectivity index (χ0n) is 18.8. The lowest BCUT2D eigenvalue weighted by atomic mass is 10.1. The minimum Gasteiger partial charge on any atom is -0.301 e. The van der Waals surface area contributed by atoms with Gasteiger partial charge in [0.1, 0.15) is 0 Å². The van der Waals surface area contributed by atoms with Gasteiger partial charge in [-0.3, -0.25) is 9.36 Å². The molecule has 0 aliphatic carbocycles. The van der Waals surface area contributed by atoms with Crippen LogP contribution in [0.3, 0.4) is 0 Å². The second-order valence-electron chi connectivity index (χ2n) is 7.72. The van der Waals surface area contributed by atoms with E-state index in [1.165, 1.54) is 23.1 Å². The van der Waals surface area contributed by atoms with E-state index in [0.717, 1.165) is 31.2 Å². The Hall–Kier alpha value is -2.98. The molecule has 0 atom stereocenters. The van der Waals surface area contributed by atoms with E-state index in [1.807, 2.05) is 83.4 Å². The quantitative estimate of drug-likeness (QED) is 0.193. The summed E-state index contributed by atoms with van der Waals surface area (Å²) in [5.41, 5.74) is 2.88. The Morgan fingerprint density at radius 1 is 1.00 bits per heavy atom. The molecule has 0 unspecified atom stereocenters. The number of amides is 1. The summed E-state index contributed by atoms with van der Waals surface area (Å²) in [5.74, 6) is 0.720. The van der Waals surface area contributed by atoms with Crippen molar-refractivity contribution >= 4 is 61.7 Å². The summed E-state index contributed by atoms with van der Waals surface area (Å²) in [6.45, 7) is 0. The predicted molar refractivity (Wildman–Crippen MR) is 150 cm³/mol. The van der Waals surface area contributed by atoms with Gasteiger partial charge in [-0.1, -0.05) is 87.8 Å². The van der Waals surface area contributed by atoms with Gasteiger partial charge in [-0.2, -0.15) is 0 Å². The lowest BCUT2D eigenvalue weighted by molar-refractivity contribution is -0.113. The molecule has 180 valence electrons. The molecule has 0 saturated carbocycles. The monoisotopic (exact) mass is 595 g/mol. The standard InChI is InChI=1S/C26H19BrClN5OS2/c27-19-12-10-17(11-13-19)24-31-32-26(33(24)20-7-2-1-3-8-20)35-16-23(34)30-25-29-15-21(36-25)14-18-6-4-5-9-22(18)28/h1-13,15H,14,16H2,(H,29,30,34). The number of hydrogen-bond donors (Lipinski definition) is 1. The van der Waals surface area contributed by atoms with Crippen molar-refractivity contribution in [1.29, 1.82) is 0 Å². The molecule has 2 aromatic heterocycles. The number of nitrogens with zero attached hydrogens (tertiary/aromatic N) is 4. The van der Waals surface area contributed by atoms with E-state index in [-0.39, 0.29) is 11.7 Å². The van der Waals surface area contributed by atoms with Crippen molar-refractivity contribution in [2.24, 2.45) is 0 Å². The van der Waals surface area contributed by atoms with Gasteiger partial charge in [0.05, 0.1) is 5.75 Å². The van der Waals surface area contributed by atoms with E-state index in [4.69, 9.17) is 11.6 Å². The van der Waals surface area contributed by atoms with Crippen molar-refractivity contribution in [3.05, 3.63) is 105 Å². The molecule has 0 fully saturated rings. The first kappa shape index (κ1) is 24.7. The zero-order chi connectivity index (χ0) is 24.9. The second kappa shape index (κ2) is 11.4. The van der Waals surface area contributed by atoms with Crippen molar-refractivity contribution in [3.63, 3.8) is 0 Å². The lowest BCUT2D eigenvalue weighted by Crippen LogP contribution is -2.14. The smallest absolute Gasteiger partial charge is 0.236 e. The third kappa shape index (κ3) is 5.87. The normalized spacial score (nSPS) is 10.9. The van der Waals surface area contributed by atoms with Gasteiger partial charge in [-0.15, -0.1) is 21.5 Å². The average molecular weight is 597 g/mol. The number of halogens is 2. The maximum atomic E-state index is 12.7. The van der Waals surface area contributed by atoms with Crippen molar-refractivity contribution in [2.45, 2.75) is 11.6 Å². The first-order valence-corrected chi connectivity index (χ1v) is 13.9. The number of hydrogen-bond acceptors (Lipinski definition) is 6. The number of aromatic nitrogens is 4. The fourth-order valence-corrected chi connectivity index (χ4v) is 5.59. The number of rotatable bonds is 8. The number of carbonyl (C=O) groups is 1. The number of anilines is 1. The molecule has 0 radical (unpaired) electrons. The fourth-order valence-electron chi connectivity index (χ4n) is 3.52. The number of benzene rings is 3. The van der Waals surface area contributed by atoms with Crippen LogP contribution in [0.25, 0.3) is 17.1 Å². The molecule has 0 aliphatic rings. The van der Waals surface area contributed by atoms with Crippen molar-refractivity contribution in [3.8, 4) is 17.1 Å². The molecule has 3 aromatic carbocycles. The van der Waals surface area contributed by atoms with Gasteiger partial charge in [0.2, 0.25) is 5.91 Å². The van der Waals surface area contributed by atoms with Gasteiger partial charge < -0.3 is 5.32 Å². The molecule has 0 saturated heterocycles. The highest BCUT2D eigenvalue weighted by Crippen LogP contribution is 2.29. The van der Waals surface area contributed by atoms with Gasteiger partial charge in [0.15, 0.2) is 16.1 Å². The molecular formula is C26H19BrClN5OS2. The van der Waals surface area contributed by atoms with E-state index in [2.05, 4.69) is 36.4 Å². The van der Waals surface area contributed by atoms with Crippen LogP contribution in [0.5, 0.6) is 0 Å². The molecule has 1 amide bonds. The highest BCUT2D eigenvalue weighted by atomic mass is 79.9. The Morgan fingerprint density at radius 3 is 2.53 bits per heavy atom. The van der Waals surface area contributed by atoms with Crippen LogP contribution in [-0.4, -0.2) is 31.4 Å². The Kier molecular flexibility index (Phi) is 7.81. The summed E-state index contributed by atoms with van der Waals surface area (Å²) in [4.78, 5) is 18.1. The molecule has 36 heavy (non-hydrogen) atoms. The topological polar surface area (TPSA) is 72.7 Å². The third-order valence-corrected chi connectivity index (χ3v) is 7.94. The van der Waals surface area contributed by atoms with Crippen molar-refractivity contribution < 1.29 is 4.79 Å². The number of thiazole rings is 1. The minimum absolute atomic E-state index is 0.161. The van der Waals surface area contributed by atoms with Crippen LogP contribution in [0.4, 0.5) is 5.13 Å². The average Bonchev–Trinajstić information content (AvgIpc) is 3.52. The summed E-state index contributed by atoms with van der Waals surface area (Å²) in [5, 5.41) is 13.6. The van der Waals surface area contributed by atoms with E-state index >= 15 is 0 Å². The van der Waals surface area contributed by atoms with Gasteiger partial charge in [0, 0.05) is 38.2 Å². The van der Waals surface area contributed by atoms with Crippen LogP contribution < -0.4 is 5.32 Å². The molecule has 5 aromatic rings. The molecule has 6 nitrogen and oxygen atoms in total. The molecule has 0 spiro atoms. The van der Waals surface area contributed by atoms with Crippen molar-refractivity contribution in [2.75, 3.05) is 11.1 Å². The largest absolute Gasteiger partial charge is 0.301 e.